The number of hydrogen-bond donors (Lipinski definition) is 2. The van der Waals surface area contributed by atoms with Crippen LogP contribution in [0.1, 0.15) is 31.2 Å². The molecule has 1 aromatic rings. The van der Waals surface area contributed by atoms with Crippen LogP contribution in [-0.4, -0.2) is 40.0 Å². The second-order valence-corrected chi connectivity index (χ2v) is 5.17. The number of nitrogens with one attached hydrogen (secondary N) is 1. The zero-order valence-electron chi connectivity index (χ0n) is 11.5. The molecule has 0 aromatic carbocycles. The Balaban J connectivity index is 1.88. The van der Waals surface area contributed by atoms with Crippen molar-refractivity contribution in [3.05, 3.63) is 23.5 Å². The first-order valence-corrected chi connectivity index (χ1v) is 6.69. The van der Waals surface area contributed by atoms with E-state index >= 15 is 0 Å². The van der Waals surface area contributed by atoms with Crippen LogP contribution in [0.3, 0.4) is 0 Å². The van der Waals surface area contributed by atoms with E-state index in [2.05, 4.69) is 15.2 Å². The summed E-state index contributed by atoms with van der Waals surface area (Å²) in [6.07, 6.45) is 1.90. The summed E-state index contributed by atoms with van der Waals surface area (Å²) in [5.41, 5.74) is 1.65. The summed E-state index contributed by atoms with van der Waals surface area (Å²) >= 11 is 0. The third kappa shape index (κ3) is 3.92. The van der Waals surface area contributed by atoms with Crippen molar-refractivity contribution in [2.24, 2.45) is 0 Å². The highest BCUT2D eigenvalue weighted by molar-refractivity contribution is 5.73. The van der Waals surface area contributed by atoms with Gasteiger partial charge in [0.05, 0.1) is 5.69 Å². The smallest absolute Gasteiger partial charge is 0.217 e. The minimum atomic E-state index is 0.0384. The van der Waals surface area contributed by atoms with Gasteiger partial charge in [-0.25, -0.2) is 0 Å². The summed E-state index contributed by atoms with van der Waals surface area (Å²) in [4.78, 5) is 17.6. The summed E-state index contributed by atoms with van der Waals surface area (Å²) in [5, 5.41) is 12.7. The van der Waals surface area contributed by atoms with E-state index < -0.39 is 0 Å². The fourth-order valence-corrected chi connectivity index (χ4v) is 2.45. The number of rotatable bonds is 3. The highest BCUT2D eigenvalue weighted by atomic mass is 16.3. The van der Waals surface area contributed by atoms with E-state index in [0.717, 1.165) is 37.3 Å². The molecule has 2 rings (SSSR count). The van der Waals surface area contributed by atoms with E-state index in [1.54, 1.807) is 13.0 Å². The van der Waals surface area contributed by atoms with Crippen LogP contribution in [0.4, 0.5) is 0 Å². The number of carbonyl (C=O) groups is 1. The molecule has 19 heavy (non-hydrogen) atoms. The van der Waals surface area contributed by atoms with Crippen molar-refractivity contribution in [1.29, 1.82) is 0 Å². The summed E-state index contributed by atoms with van der Waals surface area (Å²) in [6.45, 7) is 5.98. The van der Waals surface area contributed by atoms with Gasteiger partial charge in [-0.05, 0) is 31.9 Å². The van der Waals surface area contributed by atoms with Crippen molar-refractivity contribution in [2.45, 2.75) is 39.3 Å². The number of likely N-dealkylation sites (tertiary alicyclic amines) is 1. The molecule has 5 heteroatoms. The van der Waals surface area contributed by atoms with Gasteiger partial charge in [-0.3, -0.25) is 14.7 Å². The largest absolute Gasteiger partial charge is 0.506 e. The molecule has 0 radical (unpaired) electrons. The number of aromatic hydroxyl groups is 1. The molecule has 104 valence electrons. The van der Waals surface area contributed by atoms with Crippen LogP contribution in [0.25, 0.3) is 0 Å². The lowest BCUT2D eigenvalue weighted by Crippen LogP contribution is -2.43. The molecule has 0 bridgehead atoms. The van der Waals surface area contributed by atoms with Crippen molar-refractivity contribution >= 4 is 5.91 Å². The molecule has 5 nitrogen and oxygen atoms in total. The van der Waals surface area contributed by atoms with Crippen molar-refractivity contribution in [3.8, 4) is 5.75 Å². The van der Waals surface area contributed by atoms with Gasteiger partial charge in [-0.2, -0.15) is 0 Å². The SMILES string of the molecule is CC(=O)NC1CCN(Cc2nc(C)ccc2O)CC1. The highest BCUT2D eigenvalue weighted by Crippen LogP contribution is 2.19. The molecule has 0 spiro atoms. The van der Waals surface area contributed by atoms with Gasteiger partial charge in [0.15, 0.2) is 0 Å². The number of nitrogens with zero attached hydrogens (tertiary/aromatic N) is 2. The molecule has 1 aliphatic heterocycles. The average molecular weight is 263 g/mol. The van der Waals surface area contributed by atoms with Crippen LogP contribution in [0.5, 0.6) is 5.75 Å². The van der Waals surface area contributed by atoms with Crippen LogP contribution < -0.4 is 5.32 Å². The Kier molecular flexibility index (Phi) is 4.37. The minimum absolute atomic E-state index is 0.0384. The van der Waals surface area contributed by atoms with E-state index in [1.165, 1.54) is 0 Å². The molecule has 0 unspecified atom stereocenters. The zero-order valence-corrected chi connectivity index (χ0v) is 11.5. The third-order valence-corrected chi connectivity index (χ3v) is 3.46. The maximum Gasteiger partial charge on any atom is 0.217 e. The van der Waals surface area contributed by atoms with Gasteiger partial charge in [0.25, 0.3) is 0 Å². The van der Waals surface area contributed by atoms with Gasteiger partial charge in [0.1, 0.15) is 5.75 Å². The van der Waals surface area contributed by atoms with Crippen LogP contribution >= 0.6 is 0 Å². The standard InChI is InChI=1S/C14H21N3O2/c1-10-3-4-14(19)13(15-10)9-17-7-5-12(6-8-17)16-11(2)18/h3-4,12,19H,5-9H2,1-2H3,(H,16,18). The fraction of sp³-hybridized carbons (Fsp3) is 0.571. The third-order valence-electron chi connectivity index (χ3n) is 3.46. The summed E-state index contributed by atoms with van der Waals surface area (Å²) in [6, 6.07) is 3.79. The molecule has 1 amide bonds. The maximum absolute atomic E-state index is 11.0. The molecule has 1 aromatic heterocycles. The first kappa shape index (κ1) is 13.8. The zero-order chi connectivity index (χ0) is 13.8. The molecule has 0 aliphatic carbocycles. The number of pyridine rings is 1. The van der Waals surface area contributed by atoms with Crippen LogP contribution in [0.2, 0.25) is 0 Å². The van der Waals surface area contributed by atoms with Crippen molar-refractivity contribution in [2.75, 3.05) is 13.1 Å². The summed E-state index contributed by atoms with van der Waals surface area (Å²) in [7, 11) is 0. The van der Waals surface area contributed by atoms with E-state index in [4.69, 9.17) is 0 Å². The van der Waals surface area contributed by atoms with Gasteiger partial charge < -0.3 is 10.4 Å². The van der Waals surface area contributed by atoms with Gasteiger partial charge >= 0.3 is 0 Å². The van der Waals surface area contributed by atoms with Gasteiger partial charge in [-0.15, -0.1) is 0 Å². The van der Waals surface area contributed by atoms with Gasteiger partial charge in [-0.1, -0.05) is 0 Å². The van der Waals surface area contributed by atoms with Gasteiger partial charge in [0.2, 0.25) is 5.91 Å². The molecule has 1 saturated heterocycles. The predicted octanol–water partition coefficient (Wildman–Crippen LogP) is 1.20. The Labute approximate surface area is 113 Å². The van der Waals surface area contributed by atoms with Crippen LogP contribution in [-0.2, 0) is 11.3 Å². The molecular formula is C14H21N3O2. The van der Waals surface area contributed by atoms with Crippen molar-refractivity contribution in [3.63, 3.8) is 0 Å². The maximum atomic E-state index is 11.0. The second-order valence-electron chi connectivity index (χ2n) is 5.17. The molecule has 2 N–H and O–H groups in total. The van der Waals surface area contributed by atoms with Crippen LogP contribution in [0.15, 0.2) is 12.1 Å². The first-order chi connectivity index (χ1) is 9.04. The quantitative estimate of drug-likeness (QED) is 0.860. The van der Waals surface area contributed by atoms with Gasteiger partial charge in [0, 0.05) is 38.3 Å². The lowest BCUT2D eigenvalue weighted by atomic mass is 10.0. The molecule has 2 heterocycles. The number of hydrogen-bond acceptors (Lipinski definition) is 4. The Morgan fingerprint density at radius 3 is 2.79 bits per heavy atom. The Morgan fingerprint density at radius 1 is 1.47 bits per heavy atom. The highest BCUT2D eigenvalue weighted by Gasteiger charge is 2.20. The van der Waals surface area contributed by atoms with E-state index in [0.29, 0.717) is 6.54 Å². The molecule has 1 aliphatic rings. The Bertz CT molecular complexity index is 454. The van der Waals surface area contributed by atoms with E-state index in [1.807, 2.05) is 13.0 Å². The van der Waals surface area contributed by atoms with E-state index in [9.17, 15) is 9.90 Å². The van der Waals surface area contributed by atoms with Crippen molar-refractivity contribution in [1.82, 2.24) is 15.2 Å². The molecule has 0 atom stereocenters. The fourth-order valence-electron chi connectivity index (χ4n) is 2.45. The molecule has 1 fully saturated rings. The second kappa shape index (κ2) is 6.02. The Hall–Kier alpha value is -1.62. The lowest BCUT2D eigenvalue weighted by molar-refractivity contribution is -0.119. The summed E-state index contributed by atoms with van der Waals surface area (Å²) in [5.74, 6) is 0.297. The Morgan fingerprint density at radius 2 is 2.16 bits per heavy atom. The molecular weight excluding hydrogens is 242 g/mol. The van der Waals surface area contributed by atoms with Crippen LogP contribution in [0, 0.1) is 6.92 Å². The number of aromatic nitrogens is 1. The topological polar surface area (TPSA) is 65.5 Å². The first-order valence-electron chi connectivity index (χ1n) is 6.69. The number of amides is 1. The van der Waals surface area contributed by atoms with Crippen molar-refractivity contribution < 1.29 is 9.90 Å². The van der Waals surface area contributed by atoms with E-state index in [-0.39, 0.29) is 17.7 Å². The lowest BCUT2D eigenvalue weighted by Gasteiger charge is -2.32. The monoisotopic (exact) mass is 263 g/mol. The average Bonchev–Trinajstić information content (AvgIpc) is 2.35. The normalized spacial score (nSPS) is 17.4. The molecule has 0 saturated carbocycles. The minimum Gasteiger partial charge on any atom is -0.506 e. The predicted molar refractivity (Wildman–Crippen MR) is 72.8 cm³/mol. The summed E-state index contributed by atoms with van der Waals surface area (Å²) < 4.78 is 0. The number of aryl methyl sites for hydroxylation is 1. The number of carbonyl (C=O) groups excluding carboxylic acids is 1. The number of piperidine rings is 1.